The van der Waals surface area contributed by atoms with Crippen LogP contribution in [0.3, 0.4) is 0 Å². The predicted molar refractivity (Wildman–Crippen MR) is 73.9 cm³/mol. The van der Waals surface area contributed by atoms with Crippen LogP contribution in [-0.2, 0) is 0 Å². The minimum Gasteiger partial charge on any atom is -0.312 e. The molecule has 0 saturated carbocycles. The average Bonchev–Trinajstić information content (AvgIpc) is 2.40. The fraction of sp³-hybridized carbons (Fsp3) is 0.667. The predicted octanol–water partition coefficient (Wildman–Crippen LogP) is 4.09. The number of rotatable bonds is 8. The molecule has 2 nitrogen and oxygen atoms in total. The zero-order valence-corrected chi connectivity index (χ0v) is 11.7. The van der Waals surface area contributed by atoms with E-state index in [2.05, 4.69) is 24.1 Å². The van der Waals surface area contributed by atoms with Gasteiger partial charge < -0.3 is 5.32 Å². The van der Waals surface area contributed by atoms with E-state index in [-0.39, 0.29) is 11.9 Å². The van der Waals surface area contributed by atoms with Gasteiger partial charge >= 0.3 is 0 Å². The van der Waals surface area contributed by atoms with Crippen LogP contribution < -0.4 is 5.32 Å². The van der Waals surface area contributed by atoms with Gasteiger partial charge in [-0.2, -0.15) is 0 Å². The van der Waals surface area contributed by atoms with Crippen molar-refractivity contribution < 1.29 is 4.39 Å². The molecule has 2 unspecified atom stereocenters. The van der Waals surface area contributed by atoms with Gasteiger partial charge in [0.1, 0.15) is 5.82 Å². The molecule has 0 aliphatic rings. The van der Waals surface area contributed by atoms with Crippen LogP contribution in [0.25, 0.3) is 0 Å². The molecule has 0 fully saturated rings. The minimum absolute atomic E-state index is 0.229. The first-order valence-electron chi connectivity index (χ1n) is 6.99. The van der Waals surface area contributed by atoms with E-state index >= 15 is 0 Å². The highest BCUT2D eigenvalue weighted by Gasteiger charge is 2.16. The lowest BCUT2D eigenvalue weighted by atomic mass is 9.91. The summed E-state index contributed by atoms with van der Waals surface area (Å²) in [7, 11) is 1.95. The molecular formula is C15H25FN2. The zero-order valence-electron chi connectivity index (χ0n) is 11.7. The summed E-state index contributed by atoms with van der Waals surface area (Å²) in [5.74, 6) is 0.445. The van der Waals surface area contributed by atoms with Crippen LogP contribution in [0.5, 0.6) is 0 Å². The summed E-state index contributed by atoms with van der Waals surface area (Å²) in [5, 5.41) is 3.29. The summed E-state index contributed by atoms with van der Waals surface area (Å²) in [4.78, 5) is 4.18. The lowest BCUT2D eigenvalue weighted by molar-refractivity contribution is 0.361. The Hall–Kier alpha value is -0.960. The number of hydrogen-bond acceptors (Lipinski definition) is 2. The molecule has 1 rings (SSSR count). The molecular weight excluding hydrogens is 227 g/mol. The zero-order chi connectivity index (χ0) is 13.4. The number of nitrogens with one attached hydrogen (secondary N) is 1. The second kappa shape index (κ2) is 8.20. The van der Waals surface area contributed by atoms with E-state index in [1.165, 1.54) is 37.9 Å². The van der Waals surface area contributed by atoms with E-state index in [0.717, 1.165) is 12.1 Å². The van der Waals surface area contributed by atoms with Crippen molar-refractivity contribution in [2.75, 3.05) is 7.05 Å². The van der Waals surface area contributed by atoms with Crippen molar-refractivity contribution in [3.05, 3.63) is 29.8 Å². The summed E-state index contributed by atoms with van der Waals surface area (Å²) in [6.07, 6.45) is 7.37. The van der Waals surface area contributed by atoms with Crippen molar-refractivity contribution >= 4 is 0 Å². The van der Waals surface area contributed by atoms with Crippen molar-refractivity contribution in [1.29, 1.82) is 0 Å². The second-order valence-electron chi connectivity index (χ2n) is 4.89. The summed E-state index contributed by atoms with van der Waals surface area (Å²) in [6, 6.07) is 3.50. The van der Waals surface area contributed by atoms with Crippen LogP contribution in [0.2, 0.25) is 0 Å². The molecule has 0 aliphatic heterocycles. The SMILES string of the molecule is CCCCC(CC)CC(NC)c1ccc(F)cn1. The summed E-state index contributed by atoms with van der Waals surface area (Å²) in [5.41, 5.74) is 0.939. The smallest absolute Gasteiger partial charge is 0.141 e. The van der Waals surface area contributed by atoms with E-state index < -0.39 is 0 Å². The molecule has 2 atom stereocenters. The van der Waals surface area contributed by atoms with Crippen LogP contribution in [0.15, 0.2) is 18.3 Å². The quantitative estimate of drug-likeness (QED) is 0.754. The maximum absolute atomic E-state index is 12.9. The first kappa shape index (κ1) is 15.1. The fourth-order valence-corrected chi connectivity index (χ4v) is 2.29. The van der Waals surface area contributed by atoms with Gasteiger partial charge in [-0.1, -0.05) is 39.5 Å². The summed E-state index contributed by atoms with van der Waals surface area (Å²) in [6.45, 7) is 4.47. The van der Waals surface area contributed by atoms with Gasteiger partial charge in [0.2, 0.25) is 0 Å². The van der Waals surface area contributed by atoms with Crippen molar-refractivity contribution in [3.8, 4) is 0 Å². The van der Waals surface area contributed by atoms with Crippen molar-refractivity contribution in [3.63, 3.8) is 0 Å². The Bertz CT molecular complexity index is 324. The molecule has 0 spiro atoms. The molecule has 3 heteroatoms. The van der Waals surface area contributed by atoms with Gasteiger partial charge in [0.05, 0.1) is 11.9 Å². The Morgan fingerprint density at radius 2 is 2.11 bits per heavy atom. The topological polar surface area (TPSA) is 24.9 Å². The first-order valence-corrected chi connectivity index (χ1v) is 6.99. The standard InChI is InChI=1S/C15H25FN2/c1-4-6-7-12(5-2)10-15(17-3)14-9-8-13(16)11-18-14/h8-9,11-12,15,17H,4-7,10H2,1-3H3. The molecule has 0 amide bonds. The van der Waals surface area contributed by atoms with Gasteiger partial charge in [-0.05, 0) is 31.5 Å². The Kier molecular flexibility index (Phi) is 6.88. The molecule has 1 heterocycles. The third-order valence-corrected chi connectivity index (χ3v) is 3.57. The van der Waals surface area contributed by atoms with Gasteiger partial charge in [0.25, 0.3) is 0 Å². The number of pyridine rings is 1. The van der Waals surface area contributed by atoms with E-state index in [1.54, 1.807) is 6.07 Å². The Labute approximate surface area is 110 Å². The van der Waals surface area contributed by atoms with Gasteiger partial charge in [0, 0.05) is 6.04 Å². The van der Waals surface area contributed by atoms with Crippen LogP contribution in [0.4, 0.5) is 4.39 Å². The number of hydrogen-bond donors (Lipinski definition) is 1. The van der Waals surface area contributed by atoms with Crippen molar-refractivity contribution in [2.24, 2.45) is 5.92 Å². The van der Waals surface area contributed by atoms with Crippen molar-refractivity contribution in [2.45, 2.75) is 52.0 Å². The van der Waals surface area contributed by atoms with E-state index in [4.69, 9.17) is 0 Å². The lowest BCUT2D eigenvalue weighted by Crippen LogP contribution is -2.21. The van der Waals surface area contributed by atoms with E-state index in [9.17, 15) is 4.39 Å². The van der Waals surface area contributed by atoms with Gasteiger partial charge in [-0.3, -0.25) is 4.98 Å². The molecule has 0 radical (unpaired) electrons. The Morgan fingerprint density at radius 1 is 1.33 bits per heavy atom. The highest BCUT2D eigenvalue weighted by molar-refractivity contribution is 5.09. The molecule has 0 saturated heterocycles. The average molecular weight is 252 g/mol. The Morgan fingerprint density at radius 3 is 2.61 bits per heavy atom. The largest absolute Gasteiger partial charge is 0.312 e. The first-order chi connectivity index (χ1) is 8.71. The van der Waals surface area contributed by atoms with Gasteiger partial charge in [-0.15, -0.1) is 0 Å². The third-order valence-electron chi connectivity index (χ3n) is 3.57. The van der Waals surface area contributed by atoms with Gasteiger partial charge in [-0.25, -0.2) is 4.39 Å². The van der Waals surface area contributed by atoms with Gasteiger partial charge in [0.15, 0.2) is 0 Å². The molecule has 102 valence electrons. The molecule has 0 aliphatic carbocycles. The number of aromatic nitrogens is 1. The maximum Gasteiger partial charge on any atom is 0.141 e. The number of halogens is 1. The Balaban J connectivity index is 2.62. The van der Waals surface area contributed by atoms with Crippen LogP contribution in [0, 0.1) is 11.7 Å². The minimum atomic E-state index is -0.272. The molecule has 1 N–H and O–H groups in total. The lowest BCUT2D eigenvalue weighted by Gasteiger charge is -2.22. The van der Waals surface area contributed by atoms with Crippen LogP contribution in [0.1, 0.15) is 57.7 Å². The highest BCUT2D eigenvalue weighted by atomic mass is 19.1. The van der Waals surface area contributed by atoms with E-state index in [0.29, 0.717) is 5.92 Å². The molecule has 0 bridgehead atoms. The normalized spacial score (nSPS) is 14.4. The monoisotopic (exact) mass is 252 g/mol. The third kappa shape index (κ3) is 4.73. The molecule has 1 aromatic heterocycles. The second-order valence-corrected chi connectivity index (χ2v) is 4.89. The molecule has 1 aromatic rings. The highest BCUT2D eigenvalue weighted by Crippen LogP contribution is 2.25. The van der Waals surface area contributed by atoms with Crippen LogP contribution in [-0.4, -0.2) is 12.0 Å². The van der Waals surface area contributed by atoms with Crippen LogP contribution >= 0.6 is 0 Å². The summed E-state index contributed by atoms with van der Waals surface area (Å²) < 4.78 is 12.9. The number of nitrogens with zero attached hydrogens (tertiary/aromatic N) is 1. The van der Waals surface area contributed by atoms with E-state index in [1.807, 2.05) is 7.05 Å². The molecule has 18 heavy (non-hydrogen) atoms. The molecule has 0 aromatic carbocycles. The fourth-order valence-electron chi connectivity index (χ4n) is 2.29. The maximum atomic E-state index is 12.9. The number of unbranched alkanes of at least 4 members (excludes halogenated alkanes) is 1. The summed E-state index contributed by atoms with van der Waals surface area (Å²) >= 11 is 0. The van der Waals surface area contributed by atoms with Crippen molar-refractivity contribution in [1.82, 2.24) is 10.3 Å².